The van der Waals surface area contributed by atoms with E-state index in [1.165, 1.54) is 52.7 Å². The van der Waals surface area contributed by atoms with E-state index in [9.17, 15) is 41.8 Å². The molecule has 0 aliphatic carbocycles. The molecule has 4 aliphatic rings. The summed E-state index contributed by atoms with van der Waals surface area (Å²) >= 11 is 20.3. The number of rotatable bonds is 16. The van der Waals surface area contributed by atoms with E-state index in [-0.39, 0.29) is 144 Å². The van der Waals surface area contributed by atoms with Crippen molar-refractivity contribution >= 4 is 115 Å². The van der Waals surface area contributed by atoms with Crippen molar-refractivity contribution in [2.75, 3.05) is 80.4 Å². The van der Waals surface area contributed by atoms with Crippen molar-refractivity contribution in [3.63, 3.8) is 0 Å². The summed E-state index contributed by atoms with van der Waals surface area (Å²) in [5.74, 6) is -0.727. The van der Waals surface area contributed by atoms with Crippen LogP contribution in [0.2, 0.25) is 15.1 Å². The first kappa shape index (κ1) is 92.6. The molecule has 14 rings (SSSR count). The van der Waals surface area contributed by atoms with Gasteiger partial charge in [-0.1, -0.05) is 153 Å². The number of pyridine rings is 3. The lowest BCUT2D eigenvalue weighted by Gasteiger charge is -2.45. The van der Waals surface area contributed by atoms with Crippen molar-refractivity contribution in [3.8, 4) is 51.2 Å². The molecule has 125 heavy (non-hydrogen) atoms. The zero-order valence-electron chi connectivity index (χ0n) is 73.1. The molecule has 0 bridgehead atoms. The number of aromatic nitrogens is 9. The van der Waals surface area contributed by atoms with Crippen LogP contribution in [0.4, 0.5) is 30.6 Å². The van der Waals surface area contributed by atoms with Crippen molar-refractivity contribution in [2.45, 2.75) is 163 Å². The summed E-state index contributed by atoms with van der Waals surface area (Å²) in [6, 6.07) is 28.3. The van der Waals surface area contributed by atoms with E-state index in [0.29, 0.717) is 124 Å². The Morgan fingerprint density at radius 2 is 0.912 bits per heavy atom. The van der Waals surface area contributed by atoms with Crippen LogP contribution in [0.5, 0.6) is 6.01 Å². The molecule has 10 aromatic rings. The van der Waals surface area contributed by atoms with Gasteiger partial charge in [0.15, 0.2) is 11.3 Å². The van der Waals surface area contributed by atoms with E-state index >= 15 is 4.39 Å². The average Bonchev–Trinajstić information content (AvgIpc) is 1.18. The Labute approximate surface area is 742 Å². The number of carbonyl (C=O) groups is 4. The van der Waals surface area contributed by atoms with Crippen LogP contribution in [0.25, 0.3) is 67.2 Å². The van der Waals surface area contributed by atoms with Crippen molar-refractivity contribution in [1.29, 1.82) is 0 Å². The SMILES string of the molecule is C=CC(=O)N1CC(C)N(C2=NC(=O)CN(CC(C)(C)C)c3nc(-c4ccccc4F)c(Cl)cc32)CC1C.C=CC(=O)N1CC(C)N(c2nc(=O)n(-c3c(C(C)C)nc(OC)nc3C(C)C)c3nc(-c4ccccc4F)c(Cl)cc23)CC1C.C=CC(=O)N1CC(C)N(c2nc(=O)n(-c3ccc(S(C)=O)cc3C(C)C)c3nc(-c4ccccc4F)c(Cl)cc23)CC1C. The van der Waals surface area contributed by atoms with Gasteiger partial charge in [-0.05, 0) is 161 Å². The van der Waals surface area contributed by atoms with Crippen molar-refractivity contribution in [1.82, 2.24) is 63.6 Å². The van der Waals surface area contributed by atoms with Gasteiger partial charge >= 0.3 is 17.4 Å². The summed E-state index contributed by atoms with van der Waals surface area (Å²) < 4.78 is 65.4. The first-order valence-corrected chi connectivity index (χ1v) is 44.0. The third-order valence-corrected chi connectivity index (χ3v) is 24.2. The van der Waals surface area contributed by atoms with Gasteiger partial charge in [0.25, 0.3) is 5.91 Å². The maximum Gasteiger partial charge on any atom is 0.355 e. The summed E-state index contributed by atoms with van der Waals surface area (Å²) in [6.07, 6.45) is 5.52. The van der Waals surface area contributed by atoms with E-state index in [0.717, 1.165) is 5.56 Å². The lowest BCUT2D eigenvalue weighted by Crippen LogP contribution is -2.59. The minimum atomic E-state index is -1.23. The number of hydrogen-bond acceptors (Lipinski definition) is 19. The zero-order chi connectivity index (χ0) is 91.0. The van der Waals surface area contributed by atoms with Gasteiger partial charge in [-0.15, -0.1) is 0 Å². The van der Waals surface area contributed by atoms with E-state index in [2.05, 4.69) is 65.4 Å². The highest BCUT2D eigenvalue weighted by Gasteiger charge is 2.41. The van der Waals surface area contributed by atoms with Crippen LogP contribution in [0, 0.1) is 22.9 Å². The van der Waals surface area contributed by atoms with Crippen molar-refractivity contribution in [3.05, 3.63) is 223 Å². The van der Waals surface area contributed by atoms with Gasteiger partial charge in [0, 0.05) is 121 Å². The molecule has 7 unspecified atom stereocenters. The molecule has 4 aromatic carbocycles. The summed E-state index contributed by atoms with van der Waals surface area (Å²) in [5, 5.41) is 1.66. The Balaban J connectivity index is 0.000000172. The number of amidine groups is 1. The van der Waals surface area contributed by atoms with Crippen molar-refractivity contribution in [2.24, 2.45) is 10.4 Å². The molecule has 3 saturated heterocycles. The van der Waals surface area contributed by atoms with Gasteiger partial charge in [0.2, 0.25) is 17.7 Å². The molecular formula is C93H103Cl3F3N17O8S. The summed E-state index contributed by atoms with van der Waals surface area (Å²) in [7, 11) is 0.268. The molecular weight excluding hydrogens is 1680 g/mol. The van der Waals surface area contributed by atoms with Crippen LogP contribution in [-0.4, -0.2) is 199 Å². The fourth-order valence-corrected chi connectivity index (χ4v) is 17.7. The number of aliphatic imine (C=N–C) groups is 1. The van der Waals surface area contributed by atoms with Crippen molar-refractivity contribution < 1.29 is 41.3 Å². The molecule has 4 amide bonds. The lowest BCUT2D eigenvalue weighted by atomic mass is 9.95. The molecule has 4 aliphatic heterocycles. The van der Waals surface area contributed by atoms with E-state index in [4.69, 9.17) is 54.5 Å². The predicted octanol–water partition coefficient (Wildman–Crippen LogP) is 16.4. The topological polar surface area (TPSA) is 264 Å². The number of ether oxygens (including phenoxy) is 1. The number of anilines is 3. The molecule has 0 N–H and O–H groups in total. The molecule has 6 aromatic heterocycles. The Morgan fingerprint density at radius 1 is 0.512 bits per heavy atom. The van der Waals surface area contributed by atoms with Gasteiger partial charge in [-0.2, -0.15) is 24.9 Å². The van der Waals surface area contributed by atoms with E-state index < -0.39 is 39.6 Å². The van der Waals surface area contributed by atoms with Gasteiger partial charge in [0.05, 0.1) is 78.4 Å². The van der Waals surface area contributed by atoms with Crippen LogP contribution in [0.3, 0.4) is 0 Å². The molecule has 7 atom stereocenters. The van der Waals surface area contributed by atoms with Gasteiger partial charge in [-0.3, -0.25) is 23.4 Å². The second kappa shape index (κ2) is 38.1. The molecule has 3 fully saturated rings. The number of methoxy groups -OCH3 is 1. The molecule has 10 heterocycles. The Hall–Kier alpha value is -11.5. The maximum atomic E-state index is 15.1. The van der Waals surface area contributed by atoms with Gasteiger partial charge in [0.1, 0.15) is 47.3 Å². The number of fused-ring (bicyclic) bond motifs is 3. The van der Waals surface area contributed by atoms with E-state index in [1.54, 1.807) is 106 Å². The molecule has 656 valence electrons. The fourth-order valence-electron chi connectivity index (χ4n) is 16.4. The monoisotopic (exact) mass is 1780 g/mol. The largest absolute Gasteiger partial charge is 0.467 e. The van der Waals surface area contributed by atoms with Crippen LogP contribution in [0.1, 0.15) is 144 Å². The quantitative estimate of drug-likeness (QED) is 0.0814. The highest BCUT2D eigenvalue weighted by atomic mass is 35.5. The Morgan fingerprint density at radius 3 is 1.31 bits per heavy atom. The summed E-state index contributed by atoms with van der Waals surface area (Å²) in [4.78, 5) is 130. The number of hydrogen-bond donors (Lipinski definition) is 0. The van der Waals surface area contributed by atoms with Crippen LogP contribution in [-0.2, 0) is 30.0 Å². The predicted molar refractivity (Wildman–Crippen MR) is 490 cm³/mol. The smallest absolute Gasteiger partial charge is 0.355 e. The average molecular weight is 1780 g/mol. The number of amides is 4. The van der Waals surface area contributed by atoms with Gasteiger partial charge in [-0.25, -0.2) is 46.8 Å². The second-order valence-electron chi connectivity index (χ2n) is 34.0. The number of benzene rings is 4. The molecule has 25 nitrogen and oxygen atoms in total. The van der Waals surface area contributed by atoms with Crippen LogP contribution >= 0.6 is 34.8 Å². The Bertz CT molecular complexity index is 6090. The van der Waals surface area contributed by atoms with Gasteiger partial charge < -0.3 is 39.0 Å². The maximum absolute atomic E-state index is 15.1. The molecule has 0 radical (unpaired) electrons. The van der Waals surface area contributed by atoms with E-state index in [1.807, 2.05) is 109 Å². The highest BCUT2D eigenvalue weighted by molar-refractivity contribution is 7.84. The number of halogens is 6. The summed E-state index contributed by atoms with van der Waals surface area (Å²) in [6.45, 7) is 43.8. The normalized spacial score (nSPS) is 18.3. The first-order valence-electron chi connectivity index (χ1n) is 41.3. The fraction of sp³-hybridized carbons (Fsp3) is 0.376. The van der Waals surface area contributed by atoms with Crippen LogP contribution < -0.4 is 30.8 Å². The highest BCUT2D eigenvalue weighted by Crippen LogP contribution is 2.43. The molecule has 0 spiro atoms. The summed E-state index contributed by atoms with van der Waals surface area (Å²) in [5.41, 5.74) is 4.07. The number of nitrogens with zero attached hydrogens (tertiary/aromatic N) is 17. The Kier molecular flexibility index (Phi) is 28.3. The zero-order valence-corrected chi connectivity index (χ0v) is 76.2. The third kappa shape index (κ3) is 19.2. The third-order valence-electron chi connectivity index (χ3n) is 22.5. The minimum Gasteiger partial charge on any atom is -0.467 e. The molecule has 32 heteroatoms. The number of piperazine rings is 3. The second-order valence-corrected chi connectivity index (χ2v) is 36.6. The number of carbonyl (C=O) groups excluding carboxylic acids is 4. The standard InChI is InChI=1S/C33H37ClFN7O3.C32H33ClFN5O3S.C28H33ClFN5O2/c1-9-25(43)40-15-20(7)41(16-19(40)6)30-22-14-23(34)28(21-12-10-11-13-24(21)35)36-31(22)42(33(44)39-30)29-26(17(2)3)37-32(45-8)38-27(29)18(4)5;1-7-28(40)37-16-20(5)38(17-19(37)4)30-24-15-25(33)29(22-10-8-9-11-26(22)34)35-31(24)39(32(41)36-30)27-13-12-21(43(6)42)14-23(27)18(2)3;1-7-24(37)34-13-18(3)35(14-17(34)2)27-20-12-21(29)25(19-10-8-9-11-22(19)30)32-26(20)33(15-23(36)31-27)16-28(4,5)6/h9-14,17-20H,1,15-16H2,2-8H3;7-15,18-20H,1,16-17H2,2-6H3;7-12,17-18H,1,13-16H2,2-6H3. The first-order chi connectivity index (χ1) is 59.2. The lowest BCUT2D eigenvalue weighted by molar-refractivity contribution is -0.131. The molecule has 0 saturated carbocycles. The van der Waals surface area contributed by atoms with Crippen LogP contribution in [0.15, 0.2) is 167 Å². The minimum absolute atomic E-state index is 0.0326.